The first kappa shape index (κ1) is 23.7. The van der Waals surface area contributed by atoms with Crippen LogP contribution >= 0.6 is 0 Å². The lowest BCUT2D eigenvalue weighted by atomic mass is 9.93. The number of hydrogen-bond donors (Lipinski definition) is 3. The van der Waals surface area contributed by atoms with Crippen molar-refractivity contribution in [1.82, 2.24) is 15.5 Å². The molecule has 2 aliphatic rings. The minimum Gasteiger partial charge on any atom is -0.497 e. The van der Waals surface area contributed by atoms with Crippen LogP contribution in [0, 0.1) is 11.8 Å². The lowest BCUT2D eigenvalue weighted by Gasteiger charge is -2.30. The number of aliphatic hydroxyl groups is 1. The second-order valence-corrected chi connectivity index (χ2v) is 6.90. The number of allylic oxidation sites excluding steroid dienone is 3. The van der Waals surface area contributed by atoms with E-state index in [0.29, 0.717) is 17.9 Å². The lowest BCUT2D eigenvalue weighted by Crippen LogP contribution is -2.55. The zero-order valence-corrected chi connectivity index (χ0v) is 18.1. The van der Waals surface area contributed by atoms with Crippen molar-refractivity contribution < 1.29 is 24.2 Å². The van der Waals surface area contributed by atoms with E-state index in [2.05, 4.69) is 22.5 Å². The van der Waals surface area contributed by atoms with Gasteiger partial charge >= 0.3 is 6.03 Å². The number of rotatable bonds is 6. The number of nitrogens with zero attached hydrogens (tertiary/aromatic N) is 1. The molecule has 0 spiro atoms. The number of ether oxygens (including phenoxy) is 1. The Morgan fingerprint density at radius 2 is 2.06 bits per heavy atom. The molecule has 8 heteroatoms. The maximum Gasteiger partial charge on any atom is 0.322 e. The second-order valence-electron chi connectivity index (χ2n) is 6.90. The maximum absolute atomic E-state index is 12.8. The van der Waals surface area contributed by atoms with Crippen LogP contribution in [0.4, 0.5) is 4.79 Å². The Balaban J connectivity index is 0.00000166. The van der Waals surface area contributed by atoms with Crippen LogP contribution in [0.1, 0.15) is 36.2 Å². The van der Waals surface area contributed by atoms with E-state index < -0.39 is 17.5 Å². The van der Waals surface area contributed by atoms with Crippen molar-refractivity contribution in [3.8, 4) is 17.6 Å². The Labute approximate surface area is 182 Å². The predicted molar refractivity (Wildman–Crippen MR) is 116 cm³/mol. The highest BCUT2D eigenvalue weighted by molar-refractivity contribution is 6.08. The summed E-state index contributed by atoms with van der Waals surface area (Å²) >= 11 is 0. The predicted octanol–water partition coefficient (Wildman–Crippen LogP) is 1.75. The molecule has 31 heavy (non-hydrogen) atoms. The first-order valence-electron chi connectivity index (χ1n) is 9.72. The van der Waals surface area contributed by atoms with Crippen molar-refractivity contribution in [2.75, 3.05) is 20.8 Å². The van der Waals surface area contributed by atoms with Crippen LogP contribution in [0.25, 0.3) is 0 Å². The number of methoxy groups -OCH3 is 1. The van der Waals surface area contributed by atoms with Crippen molar-refractivity contribution in [3.63, 3.8) is 0 Å². The minimum atomic E-state index is -1.23. The van der Waals surface area contributed by atoms with E-state index in [1.165, 1.54) is 0 Å². The van der Waals surface area contributed by atoms with Crippen LogP contribution in [0.15, 0.2) is 42.0 Å². The van der Waals surface area contributed by atoms with Crippen LogP contribution in [-0.4, -0.2) is 54.2 Å². The first-order chi connectivity index (χ1) is 14.9. The molecule has 0 aliphatic carbocycles. The fourth-order valence-corrected chi connectivity index (χ4v) is 3.53. The molecular formula is C23H27N3O5. The summed E-state index contributed by atoms with van der Waals surface area (Å²) < 4.78 is 5.22. The highest BCUT2D eigenvalue weighted by atomic mass is 16.5. The summed E-state index contributed by atoms with van der Waals surface area (Å²) in [6, 6.07) is 4.71. The molecule has 1 saturated heterocycles. The molecule has 1 unspecified atom stereocenters. The first-order valence-corrected chi connectivity index (χ1v) is 9.72. The molecule has 0 radical (unpaired) electrons. The van der Waals surface area contributed by atoms with Crippen LogP contribution in [0.5, 0.6) is 5.75 Å². The van der Waals surface area contributed by atoms with Gasteiger partial charge in [0.1, 0.15) is 11.3 Å². The molecule has 1 atom stereocenters. The normalized spacial score (nSPS) is 19.8. The zero-order chi connectivity index (χ0) is 23.0. The molecule has 1 aromatic rings. The van der Waals surface area contributed by atoms with E-state index in [9.17, 15) is 14.4 Å². The van der Waals surface area contributed by atoms with Gasteiger partial charge in [0.05, 0.1) is 13.7 Å². The fraction of sp³-hybridized carbons (Fsp3) is 0.348. The number of amides is 4. The summed E-state index contributed by atoms with van der Waals surface area (Å²) in [5.41, 5.74) is 0.993. The fourth-order valence-electron chi connectivity index (χ4n) is 3.53. The molecule has 1 fully saturated rings. The molecule has 4 amide bonds. The highest BCUT2D eigenvalue weighted by Crippen LogP contribution is 2.29. The highest BCUT2D eigenvalue weighted by Gasteiger charge is 2.48. The number of carbonyl (C=O) groups is 3. The number of carbonyl (C=O) groups excluding carboxylic acids is 3. The number of fused-ring (bicyclic) bond motifs is 1. The summed E-state index contributed by atoms with van der Waals surface area (Å²) in [5, 5.41) is 12.0. The molecular weight excluding hydrogens is 398 g/mol. The third-order valence-electron chi connectivity index (χ3n) is 5.01. The topological polar surface area (TPSA) is 108 Å². The van der Waals surface area contributed by atoms with Crippen LogP contribution in [0.2, 0.25) is 0 Å². The Kier molecular flexibility index (Phi) is 8.00. The Morgan fingerprint density at radius 1 is 1.32 bits per heavy atom. The van der Waals surface area contributed by atoms with Gasteiger partial charge < -0.3 is 20.1 Å². The van der Waals surface area contributed by atoms with E-state index >= 15 is 0 Å². The number of urea groups is 1. The van der Waals surface area contributed by atoms with Gasteiger partial charge in [0.2, 0.25) is 0 Å². The molecule has 0 saturated carbocycles. The molecule has 0 aromatic heterocycles. The van der Waals surface area contributed by atoms with Gasteiger partial charge in [-0.25, -0.2) is 4.79 Å². The van der Waals surface area contributed by atoms with Crippen molar-refractivity contribution in [2.24, 2.45) is 0 Å². The van der Waals surface area contributed by atoms with Gasteiger partial charge in [-0.05, 0) is 44.0 Å². The average Bonchev–Trinajstić information content (AvgIpc) is 3.23. The van der Waals surface area contributed by atoms with Gasteiger partial charge in [0.25, 0.3) is 11.8 Å². The maximum atomic E-state index is 12.8. The number of benzene rings is 1. The van der Waals surface area contributed by atoms with Crippen LogP contribution in [0.3, 0.4) is 0 Å². The Hall–Kier alpha value is -3.57. The third kappa shape index (κ3) is 5.13. The number of nitrogens with one attached hydrogen (secondary N) is 2. The quantitative estimate of drug-likeness (QED) is 0.366. The van der Waals surface area contributed by atoms with Crippen molar-refractivity contribution in [3.05, 3.63) is 53.1 Å². The van der Waals surface area contributed by atoms with Crippen LogP contribution in [-0.2, 0) is 11.3 Å². The number of hydrogen-bond acceptors (Lipinski definition) is 5. The number of aliphatic hydroxyl groups excluding tert-OH is 1. The van der Waals surface area contributed by atoms with E-state index in [1.807, 2.05) is 19.1 Å². The summed E-state index contributed by atoms with van der Waals surface area (Å²) in [7, 11) is 2.57. The Bertz CT molecular complexity index is 987. The van der Waals surface area contributed by atoms with Gasteiger partial charge in [-0.15, -0.1) is 5.92 Å². The molecule has 1 aromatic carbocycles. The van der Waals surface area contributed by atoms with E-state index in [-0.39, 0.29) is 18.9 Å². The standard InChI is InChI=1S/C22H23N3O4.CH4O/c1-4-7-15(5-2)8-6-11-22(20(27)23-21(28)24-22)14-25-13-16-12-17(29-3)9-10-18(16)19(25)26;1-2/h5-6,8-10,12H,11,13-14H2,1-3H3,(H2,23,24,27,28);2H,1H3/b8-6-,15-5-;. The summed E-state index contributed by atoms with van der Waals surface area (Å²) in [6.45, 7) is 4.03. The monoisotopic (exact) mass is 425 g/mol. The summed E-state index contributed by atoms with van der Waals surface area (Å²) in [4.78, 5) is 38.9. The third-order valence-corrected chi connectivity index (χ3v) is 5.01. The lowest BCUT2D eigenvalue weighted by molar-refractivity contribution is -0.124. The molecule has 3 rings (SSSR count). The summed E-state index contributed by atoms with van der Waals surface area (Å²) in [5.74, 6) is 5.82. The average molecular weight is 425 g/mol. The second kappa shape index (κ2) is 10.5. The largest absolute Gasteiger partial charge is 0.497 e. The summed E-state index contributed by atoms with van der Waals surface area (Å²) in [6.07, 6.45) is 5.70. The van der Waals surface area contributed by atoms with Crippen molar-refractivity contribution in [2.45, 2.75) is 32.4 Å². The molecule has 2 heterocycles. The molecule has 8 nitrogen and oxygen atoms in total. The number of imide groups is 1. The van der Waals surface area contributed by atoms with Gasteiger partial charge in [-0.3, -0.25) is 14.9 Å². The smallest absolute Gasteiger partial charge is 0.322 e. The molecule has 3 N–H and O–H groups in total. The molecule has 0 bridgehead atoms. The van der Waals surface area contributed by atoms with E-state index in [4.69, 9.17) is 9.84 Å². The van der Waals surface area contributed by atoms with Gasteiger partial charge in [0, 0.05) is 24.8 Å². The van der Waals surface area contributed by atoms with E-state index in [1.54, 1.807) is 43.2 Å². The van der Waals surface area contributed by atoms with Crippen molar-refractivity contribution >= 4 is 17.8 Å². The molecule has 164 valence electrons. The van der Waals surface area contributed by atoms with Gasteiger partial charge in [-0.1, -0.05) is 24.1 Å². The van der Waals surface area contributed by atoms with Gasteiger partial charge in [0.15, 0.2) is 0 Å². The zero-order valence-electron chi connectivity index (χ0n) is 18.1. The van der Waals surface area contributed by atoms with Gasteiger partial charge in [-0.2, -0.15) is 0 Å². The van der Waals surface area contributed by atoms with Crippen LogP contribution < -0.4 is 15.4 Å². The Morgan fingerprint density at radius 3 is 2.65 bits per heavy atom. The van der Waals surface area contributed by atoms with Crippen molar-refractivity contribution in [1.29, 1.82) is 0 Å². The minimum absolute atomic E-state index is 0.0649. The van der Waals surface area contributed by atoms with E-state index in [0.717, 1.165) is 18.2 Å². The SMILES string of the molecule is CC#CC(/C=C\CC1(CN2Cc3cc(OC)ccc3C2=O)NC(=O)NC1=O)=C/C.CO. The molecule has 2 aliphatic heterocycles.